The third-order valence-corrected chi connectivity index (χ3v) is 4.00. The molecule has 0 saturated carbocycles. The zero-order valence-corrected chi connectivity index (χ0v) is 14.0. The Morgan fingerprint density at radius 3 is 2.87 bits per heavy atom. The summed E-state index contributed by atoms with van der Waals surface area (Å²) in [6.07, 6.45) is -0.0760. The monoisotopic (exact) mass is 351 g/mol. The van der Waals surface area contributed by atoms with Gasteiger partial charge in [0.15, 0.2) is 6.61 Å². The Morgan fingerprint density at radius 1 is 1.30 bits per heavy atom. The fraction of sp³-hybridized carbons (Fsp3) is 0.235. The van der Waals surface area contributed by atoms with E-state index in [0.717, 1.165) is 5.69 Å². The molecular formula is C17H15Cl2NO3. The predicted octanol–water partition coefficient (Wildman–Crippen LogP) is 4.19. The van der Waals surface area contributed by atoms with Gasteiger partial charge in [-0.2, -0.15) is 0 Å². The first-order valence-electron chi connectivity index (χ1n) is 7.18. The summed E-state index contributed by atoms with van der Waals surface area (Å²) in [5.41, 5.74) is 0.751. The minimum Gasteiger partial charge on any atom is -0.487 e. The molecule has 0 fully saturated rings. The lowest BCUT2D eigenvalue weighted by atomic mass is 10.2. The summed E-state index contributed by atoms with van der Waals surface area (Å²) in [6, 6.07) is 12.3. The van der Waals surface area contributed by atoms with Crippen LogP contribution in [0.25, 0.3) is 0 Å². The SMILES string of the molecule is CC1CN(C(=O)COc2ccc(Cl)cc2Cl)c2ccccc2O1. The van der Waals surface area contributed by atoms with E-state index in [9.17, 15) is 4.79 Å². The summed E-state index contributed by atoms with van der Waals surface area (Å²) < 4.78 is 11.3. The van der Waals surface area contributed by atoms with Crippen LogP contribution in [0.3, 0.4) is 0 Å². The molecular weight excluding hydrogens is 337 g/mol. The van der Waals surface area contributed by atoms with Gasteiger partial charge in [0.05, 0.1) is 17.3 Å². The Bertz CT molecular complexity index is 736. The van der Waals surface area contributed by atoms with Gasteiger partial charge in [-0.25, -0.2) is 0 Å². The molecule has 1 aliphatic rings. The van der Waals surface area contributed by atoms with E-state index in [2.05, 4.69) is 0 Å². The van der Waals surface area contributed by atoms with Gasteiger partial charge in [-0.15, -0.1) is 0 Å². The number of rotatable bonds is 3. The van der Waals surface area contributed by atoms with E-state index in [4.69, 9.17) is 32.7 Å². The van der Waals surface area contributed by atoms with E-state index in [1.54, 1.807) is 23.1 Å². The Balaban J connectivity index is 1.73. The number of carbonyl (C=O) groups is 1. The minimum atomic E-state index is -0.154. The lowest BCUT2D eigenvalue weighted by molar-refractivity contribution is -0.121. The van der Waals surface area contributed by atoms with Crippen molar-refractivity contribution >= 4 is 34.8 Å². The maximum absolute atomic E-state index is 12.5. The lowest BCUT2D eigenvalue weighted by Gasteiger charge is -2.33. The molecule has 1 aliphatic heterocycles. The van der Waals surface area contributed by atoms with Gasteiger partial charge in [-0.3, -0.25) is 4.79 Å². The molecule has 2 aromatic carbocycles. The van der Waals surface area contributed by atoms with Gasteiger partial charge in [0.25, 0.3) is 5.91 Å². The maximum Gasteiger partial charge on any atom is 0.265 e. The largest absolute Gasteiger partial charge is 0.487 e. The van der Waals surface area contributed by atoms with Gasteiger partial charge < -0.3 is 14.4 Å². The number of amides is 1. The normalized spacial score (nSPS) is 16.5. The lowest BCUT2D eigenvalue weighted by Crippen LogP contribution is -2.44. The van der Waals surface area contributed by atoms with Crippen LogP contribution in [-0.2, 0) is 4.79 Å². The first kappa shape index (κ1) is 16.0. The van der Waals surface area contributed by atoms with E-state index in [1.165, 1.54) is 0 Å². The molecule has 120 valence electrons. The summed E-state index contributed by atoms with van der Waals surface area (Å²) in [4.78, 5) is 14.2. The van der Waals surface area contributed by atoms with Crippen LogP contribution in [0.1, 0.15) is 6.92 Å². The molecule has 1 unspecified atom stereocenters. The van der Waals surface area contributed by atoms with Crippen molar-refractivity contribution in [3.63, 3.8) is 0 Å². The van der Waals surface area contributed by atoms with Crippen molar-refractivity contribution in [1.29, 1.82) is 0 Å². The number of hydrogen-bond donors (Lipinski definition) is 0. The van der Waals surface area contributed by atoms with Crippen LogP contribution in [0.2, 0.25) is 10.0 Å². The first-order valence-corrected chi connectivity index (χ1v) is 7.94. The minimum absolute atomic E-state index is 0.0760. The summed E-state index contributed by atoms with van der Waals surface area (Å²) in [7, 11) is 0. The second-order valence-electron chi connectivity index (χ2n) is 5.26. The van der Waals surface area contributed by atoms with Gasteiger partial charge in [0, 0.05) is 5.02 Å². The van der Waals surface area contributed by atoms with Crippen molar-refractivity contribution in [2.24, 2.45) is 0 Å². The molecule has 1 heterocycles. The fourth-order valence-corrected chi connectivity index (χ4v) is 2.90. The Hall–Kier alpha value is -1.91. The quantitative estimate of drug-likeness (QED) is 0.832. The van der Waals surface area contributed by atoms with Crippen LogP contribution >= 0.6 is 23.2 Å². The summed E-state index contributed by atoms with van der Waals surface area (Å²) in [5, 5.41) is 0.894. The van der Waals surface area contributed by atoms with Crippen molar-refractivity contribution in [3.05, 3.63) is 52.5 Å². The highest BCUT2D eigenvalue weighted by Crippen LogP contribution is 2.33. The standard InChI is InChI=1S/C17H15Cl2NO3/c1-11-9-20(14-4-2-3-5-16(14)23-11)17(21)10-22-15-7-6-12(18)8-13(15)19/h2-8,11H,9-10H2,1H3. The van der Waals surface area contributed by atoms with Gasteiger partial charge >= 0.3 is 0 Å². The van der Waals surface area contributed by atoms with Crippen molar-refractivity contribution in [2.75, 3.05) is 18.1 Å². The highest BCUT2D eigenvalue weighted by atomic mass is 35.5. The number of halogens is 2. The molecule has 1 amide bonds. The molecule has 0 aromatic heterocycles. The van der Waals surface area contributed by atoms with E-state index in [-0.39, 0.29) is 18.6 Å². The molecule has 0 spiro atoms. The van der Waals surface area contributed by atoms with Crippen LogP contribution in [0, 0.1) is 0 Å². The number of fused-ring (bicyclic) bond motifs is 1. The van der Waals surface area contributed by atoms with Gasteiger partial charge in [-0.05, 0) is 37.3 Å². The van der Waals surface area contributed by atoms with Crippen LogP contribution in [0.4, 0.5) is 5.69 Å². The smallest absolute Gasteiger partial charge is 0.265 e. The van der Waals surface area contributed by atoms with Crippen LogP contribution in [0.5, 0.6) is 11.5 Å². The van der Waals surface area contributed by atoms with E-state index in [0.29, 0.717) is 28.1 Å². The molecule has 0 bridgehead atoms. The summed E-state index contributed by atoms with van der Waals surface area (Å²) >= 11 is 11.9. The average molecular weight is 352 g/mol. The third kappa shape index (κ3) is 3.54. The van der Waals surface area contributed by atoms with Crippen molar-refractivity contribution < 1.29 is 14.3 Å². The van der Waals surface area contributed by atoms with Crippen LogP contribution in [0.15, 0.2) is 42.5 Å². The number of nitrogens with zero attached hydrogens (tertiary/aromatic N) is 1. The molecule has 3 rings (SSSR count). The van der Waals surface area contributed by atoms with Crippen molar-refractivity contribution in [2.45, 2.75) is 13.0 Å². The maximum atomic E-state index is 12.5. The second kappa shape index (κ2) is 6.69. The molecule has 2 aromatic rings. The van der Waals surface area contributed by atoms with Crippen molar-refractivity contribution in [3.8, 4) is 11.5 Å². The third-order valence-electron chi connectivity index (χ3n) is 3.47. The predicted molar refractivity (Wildman–Crippen MR) is 90.8 cm³/mol. The Morgan fingerprint density at radius 2 is 2.09 bits per heavy atom. The molecule has 6 heteroatoms. The molecule has 0 saturated heterocycles. The van der Waals surface area contributed by atoms with Crippen LogP contribution < -0.4 is 14.4 Å². The molecule has 1 atom stereocenters. The van der Waals surface area contributed by atoms with Gasteiger partial charge in [0.2, 0.25) is 0 Å². The zero-order chi connectivity index (χ0) is 16.4. The summed E-state index contributed by atoms with van der Waals surface area (Å²) in [6.45, 7) is 2.29. The molecule has 23 heavy (non-hydrogen) atoms. The highest BCUT2D eigenvalue weighted by Gasteiger charge is 2.27. The molecule has 0 radical (unpaired) electrons. The Kier molecular flexibility index (Phi) is 4.64. The van der Waals surface area contributed by atoms with Crippen molar-refractivity contribution in [1.82, 2.24) is 0 Å². The number of para-hydroxylation sites is 2. The highest BCUT2D eigenvalue weighted by molar-refractivity contribution is 6.35. The van der Waals surface area contributed by atoms with Gasteiger partial charge in [-0.1, -0.05) is 35.3 Å². The van der Waals surface area contributed by atoms with Gasteiger partial charge in [0.1, 0.15) is 17.6 Å². The number of carbonyl (C=O) groups excluding carboxylic acids is 1. The zero-order valence-electron chi connectivity index (χ0n) is 12.5. The average Bonchev–Trinajstić information content (AvgIpc) is 2.53. The van der Waals surface area contributed by atoms with E-state index < -0.39 is 0 Å². The number of hydrogen-bond acceptors (Lipinski definition) is 3. The van der Waals surface area contributed by atoms with E-state index >= 15 is 0 Å². The number of anilines is 1. The van der Waals surface area contributed by atoms with E-state index in [1.807, 2.05) is 31.2 Å². The molecule has 0 N–H and O–H groups in total. The number of benzene rings is 2. The molecule has 4 nitrogen and oxygen atoms in total. The second-order valence-corrected chi connectivity index (χ2v) is 6.11. The molecule has 0 aliphatic carbocycles. The topological polar surface area (TPSA) is 38.8 Å². The first-order chi connectivity index (χ1) is 11.0. The number of ether oxygens (including phenoxy) is 2. The fourth-order valence-electron chi connectivity index (χ4n) is 2.44. The summed E-state index contributed by atoms with van der Waals surface area (Å²) in [5.74, 6) is 0.974. The Labute approximate surface area is 144 Å². The van der Waals surface area contributed by atoms with Crippen LogP contribution in [-0.4, -0.2) is 25.2 Å².